The summed E-state index contributed by atoms with van der Waals surface area (Å²) in [5.74, 6) is -1.10. The summed E-state index contributed by atoms with van der Waals surface area (Å²) in [4.78, 5) is 12.7. The fourth-order valence-electron chi connectivity index (χ4n) is 2.07. The summed E-state index contributed by atoms with van der Waals surface area (Å²) < 4.78 is 78.8. The van der Waals surface area contributed by atoms with Crippen molar-refractivity contribution in [1.82, 2.24) is 4.90 Å². The quantitative estimate of drug-likeness (QED) is 0.512. The third kappa shape index (κ3) is 6.97. The number of nitriles is 1. The molecule has 0 aliphatic rings. The van der Waals surface area contributed by atoms with E-state index in [1.165, 1.54) is 25.1 Å². The Morgan fingerprint density at radius 1 is 1.24 bits per heavy atom. The van der Waals surface area contributed by atoms with Crippen molar-refractivity contribution in [1.29, 1.82) is 5.26 Å². The number of alkyl halides is 6. The first kappa shape index (κ1) is 24.8. The van der Waals surface area contributed by atoms with Crippen LogP contribution in [-0.4, -0.2) is 53.3 Å². The van der Waals surface area contributed by atoms with Gasteiger partial charge in [0, 0.05) is 32.0 Å². The van der Waals surface area contributed by atoms with Crippen molar-refractivity contribution in [2.45, 2.75) is 24.4 Å². The van der Waals surface area contributed by atoms with E-state index in [1.807, 2.05) is 0 Å². The van der Waals surface area contributed by atoms with Gasteiger partial charge in [0.2, 0.25) is 5.91 Å². The lowest BCUT2D eigenvalue weighted by molar-refractivity contribution is -0.230. The summed E-state index contributed by atoms with van der Waals surface area (Å²) in [5.41, 5.74) is -5.51. The van der Waals surface area contributed by atoms with Crippen LogP contribution in [0.4, 0.5) is 26.3 Å². The molecule has 0 heterocycles. The maximum Gasteiger partial charge on any atom is 0.421 e. The second-order valence-electron chi connectivity index (χ2n) is 6.26. The number of halogens is 6. The Hall–Kier alpha value is -2.19. The van der Waals surface area contributed by atoms with E-state index in [9.17, 15) is 36.2 Å². The predicted octanol–water partition coefficient (Wildman–Crippen LogP) is 4.10. The predicted molar refractivity (Wildman–Crippen MR) is 96.8 cm³/mol. The summed E-state index contributed by atoms with van der Waals surface area (Å²) in [6.45, 7) is 0. The third-order valence-electron chi connectivity index (χ3n) is 3.79. The fraction of sp³-hybridized carbons (Fsp3) is 0.444. The van der Waals surface area contributed by atoms with Gasteiger partial charge in [-0.05, 0) is 23.8 Å². The number of hydrogen-bond donors (Lipinski definition) is 1. The first-order valence-electron chi connectivity index (χ1n) is 8.09. The van der Waals surface area contributed by atoms with E-state index in [-0.39, 0.29) is 23.6 Å². The Bertz CT molecular complexity index is 799. The second kappa shape index (κ2) is 9.54. The molecular formula is C18H18F6N2O2S. The number of aliphatic hydroxyl groups is 1. The maximum atomic E-state index is 13.3. The van der Waals surface area contributed by atoms with Crippen molar-refractivity contribution < 1.29 is 36.2 Å². The molecule has 0 bridgehead atoms. The molecule has 0 spiro atoms. The van der Waals surface area contributed by atoms with Crippen LogP contribution in [-0.2, 0) is 11.0 Å². The Morgan fingerprint density at radius 3 is 2.34 bits per heavy atom. The van der Waals surface area contributed by atoms with Gasteiger partial charge in [0.25, 0.3) is 0 Å². The van der Waals surface area contributed by atoms with Gasteiger partial charge in [0.15, 0.2) is 5.60 Å². The van der Waals surface area contributed by atoms with Crippen LogP contribution in [0.5, 0.6) is 0 Å². The molecule has 29 heavy (non-hydrogen) atoms. The summed E-state index contributed by atoms with van der Waals surface area (Å²) in [7, 11) is 2.99. The molecule has 1 atom stereocenters. The van der Waals surface area contributed by atoms with Crippen LogP contribution < -0.4 is 0 Å². The normalized spacial score (nSPS) is 14.5. The molecule has 1 aromatic rings. The molecule has 0 aliphatic heterocycles. The minimum Gasteiger partial charge on any atom is -0.376 e. The van der Waals surface area contributed by atoms with Crippen LogP contribution in [0.15, 0.2) is 24.3 Å². The molecule has 1 amide bonds. The minimum atomic E-state index is -5.08. The molecule has 0 fully saturated rings. The largest absolute Gasteiger partial charge is 0.421 e. The molecule has 0 saturated carbocycles. The van der Waals surface area contributed by atoms with E-state index in [1.54, 1.807) is 0 Å². The number of carbonyl (C=O) groups excluding carboxylic acids is 1. The molecule has 160 valence electrons. The smallest absolute Gasteiger partial charge is 0.376 e. The highest BCUT2D eigenvalue weighted by atomic mass is 32.2. The lowest BCUT2D eigenvalue weighted by Crippen LogP contribution is -2.45. The average Bonchev–Trinajstić information content (AvgIpc) is 2.61. The van der Waals surface area contributed by atoms with Crippen LogP contribution >= 0.6 is 11.8 Å². The first-order chi connectivity index (χ1) is 13.2. The SMILES string of the molecule is CN(C)C(=O)CCSCC(O)(/C=C/c1ccc(C#N)c(C(F)(F)F)c1)C(F)(F)F. The van der Waals surface area contributed by atoms with Crippen molar-refractivity contribution in [2.24, 2.45) is 0 Å². The van der Waals surface area contributed by atoms with E-state index < -0.39 is 34.8 Å². The summed E-state index contributed by atoms with van der Waals surface area (Å²) in [5, 5.41) is 18.8. The standard InChI is InChI=1S/C18H18F6N2O2S/c1-26(2)15(27)6-8-29-11-16(28,18(22,23)24)7-5-12-3-4-13(10-25)14(9-12)17(19,20)21/h3-5,7,9,28H,6,8,11H2,1-2H3/b7-5+. The Balaban J connectivity index is 3.03. The number of benzene rings is 1. The van der Waals surface area contributed by atoms with E-state index in [4.69, 9.17) is 5.26 Å². The molecule has 4 nitrogen and oxygen atoms in total. The molecule has 1 unspecified atom stereocenters. The van der Waals surface area contributed by atoms with E-state index in [0.29, 0.717) is 23.9 Å². The fourth-order valence-corrected chi connectivity index (χ4v) is 3.10. The van der Waals surface area contributed by atoms with Crippen LogP contribution in [0.1, 0.15) is 23.1 Å². The Labute approximate surface area is 167 Å². The average molecular weight is 440 g/mol. The van der Waals surface area contributed by atoms with Gasteiger partial charge in [-0.2, -0.15) is 43.4 Å². The van der Waals surface area contributed by atoms with E-state index in [0.717, 1.165) is 18.2 Å². The van der Waals surface area contributed by atoms with Crippen molar-refractivity contribution in [3.05, 3.63) is 41.0 Å². The molecule has 11 heteroatoms. The highest BCUT2D eigenvalue weighted by Crippen LogP contribution is 2.36. The zero-order chi connectivity index (χ0) is 22.5. The molecule has 0 aromatic heterocycles. The van der Waals surface area contributed by atoms with Gasteiger partial charge in [-0.1, -0.05) is 12.1 Å². The number of thioether (sulfide) groups is 1. The summed E-state index contributed by atoms with van der Waals surface area (Å²) in [6, 6.07) is 3.80. The molecule has 0 saturated heterocycles. The Morgan fingerprint density at radius 2 is 1.86 bits per heavy atom. The minimum absolute atomic E-state index is 0.0261. The van der Waals surface area contributed by atoms with Crippen LogP contribution in [0.2, 0.25) is 0 Å². The second-order valence-corrected chi connectivity index (χ2v) is 7.37. The van der Waals surface area contributed by atoms with Crippen LogP contribution in [0.3, 0.4) is 0 Å². The summed E-state index contributed by atoms with van der Waals surface area (Å²) >= 11 is 0.690. The highest BCUT2D eigenvalue weighted by molar-refractivity contribution is 7.99. The lowest BCUT2D eigenvalue weighted by Gasteiger charge is -2.27. The summed E-state index contributed by atoms with van der Waals surface area (Å²) in [6.07, 6.45) is -8.88. The van der Waals surface area contributed by atoms with Gasteiger partial charge in [0.05, 0.1) is 17.2 Å². The van der Waals surface area contributed by atoms with Crippen molar-refractivity contribution in [3.63, 3.8) is 0 Å². The number of nitrogens with zero attached hydrogens (tertiary/aromatic N) is 2. The van der Waals surface area contributed by atoms with Gasteiger partial charge >= 0.3 is 12.4 Å². The topological polar surface area (TPSA) is 64.3 Å². The molecular weight excluding hydrogens is 422 g/mol. The highest BCUT2D eigenvalue weighted by Gasteiger charge is 2.51. The lowest BCUT2D eigenvalue weighted by atomic mass is 10.0. The first-order valence-corrected chi connectivity index (χ1v) is 9.24. The van der Waals surface area contributed by atoms with E-state index >= 15 is 0 Å². The van der Waals surface area contributed by atoms with Crippen LogP contribution in [0, 0.1) is 11.3 Å². The van der Waals surface area contributed by atoms with Crippen LogP contribution in [0.25, 0.3) is 6.08 Å². The number of hydrogen-bond acceptors (Lipinski definition) is 4. The third-order valence-corrected chi connectivity index (χ3v) is 4.93. The van der Waals surface area contributed by atoms with Gasteiger partial charge in [-0.3, -0.25) is 4.79 Å². The van der Waals surface area contributed by atoms with Crippen molar-refractivity contribution >= 4 is 23.7 Å². The van der Waals surface area contributed by atoms with Gasteiger partial charge in [0.1, 0.15) is 0 Å². The zero-order valence-corrected chi connectivity index (χ0v) is 16.3. The monoisotopic (exact) mass is 440 g/mol. The molecule has 1 N–H and O–H groups in total. The van der Waals surface area contributed by atoms with Gasteiger partial charge in [-0.15, -0.1) is 0 Å². The zero-order valence-electron chi connectivity index (χ0n) is 15.4. The number of carbonyl (C=O) groups is 1. The molecule has 1 aromatic carbocycles. The van der Waals surface area contributed by atoms with Gasteiger partial charge in [-0.25, -0.2) is 0 Å². The molecule has 0 aliphatic carbocycles. The van der Waals surface area contributed by atoms with Crippen molar-refractivity contribution in [3.8, 4) is 6.07 Å². The van der Waals surface area contributed by atoms with Crippen molar-refractivity contribution in [2.75, 3.05) is 25.6 Å². The number of amides is 1. The van der Waals surface area contributed by atoms with Gasteiger partial charge < -0.3 is 10.0 Å². The molecule has 0 radical (unpaired) electrons. The maximum absolute atomic E-state index is 13.3. The molecule has 1 rings (SSSR count). The Kier molecular flexibility index (Phi) is 8.17. The number of rotatable bonds is 7. The van der Waals surface area contributed by atoms with E-state index in [2.05, 4.69) is 0 Å².